The Balaban J connectivity index is 2.30. The summed E-state index contributed by atoms with van der Waals surface area (Å²) < 4.78 is 13.0. The van der Waals surface area contributed by atoms with Crippen LogP contribution in [0.15, 0.2) is 42.5 Å². The fourth-order valence-electron chi connectivity index (χ4n) is 1.97. The molecule has 0 saturated carbocycles. The molecule has 3 heteroatoms. The number of halogens is 2. The van der Waals surface area contributed by atoms with Gasteiger partial charge < -0.3 is 5.11 Å². The molecule has 2 aromatic rings. The molecule has 0 bridgehead atoms. The van der Waals surface area contributed by atoms with E-state index in [1.807, 2.05) is 24.3 Å². The quantitative estimate of drug-likeness (QED) is 0.864. The third-order valence-corrected chi connectivity index (χ3v) is 3.50. The van der Waals surface area contributed by atoms with E-state index < -0.39 is 11.9 Å². The third-order valence-electron chi connectivity index (χ3n) is 3.18. The lowest BCUT2D eigenvalue weighted by Crippen LogP contribution is -2.01. The molecule has 0 fully saturated rings. The smallest absolute Gasteiger partial charge is 0.124 e. The maximum Gasteiger partial charge on any atom is 0.124 e. The zero-order valence-corrected chi connectivity index (χ0v) is 11.7. The first kappa shape index (κ1) is 14.0. The highest BCUT2D eigenvalue weighted by molar-refractivity contribution is 6.31. The maximum atomic E-state index is 13.0. The molecule has 0 aliphatic rings. The summed E-state index contributed by atoms with van der Waals surface area (Å²) in [5.74, 6) is 0.0386. The van der Waals surface area contributed by atoms with Crippen LogP contribution >= 0.6 is 11.6 Å². The average Bonchev–Trinajstić information content (AvgIpc) is 2.38. The highest BCUT2D eigenvalue weighted by Gasteiger charge is 2.14. The minimum Gasteiger partial charge on any atom is -0.384 e. The van der Waals surface area contributed by atoms with Crippen molar-refractivity contribution in [2.75, 3.05) is 0 Å². The summed E-state index contributed by atoms with van der Waals surface area (Å²) in [5, 5.41) is 10.5. The lowest BCUT2D eigenvalue weighted by molar-refractivity contribution is 0.220. The highest BCUT2D eigenvalue weighted by Crippen LogP contribution is 2.29. The van der Waals surface area contributed by atoms with Crippen molar-refractivity contribution in [1.82, 2.24) is 0 Å². The van der Waals surface area contributed by atoms with E-state index in [1.54, 1.807) is 0 Å². The van der Waals surface area contributed by atoms with Crippen molar-refractivity contribution in [2.24, 2.45) is 0 Å². The molecule has 1 unspecified atom stereocenters. The molecule has 0 spiro atoms. The highest BCUT2D eigenvalue weighted by atomic mass is 35.5. The lowest BCUT2D eigenvalue weighted by atomic mass is 9.97. The zero-order valence-electron chi connectivity index (χ0n) is 10.9. The first-order valence-electron chi connectivity index (χ1n) is 6.22. The summed E-state index contributed by atoms with van der Waals surface area (Å²) in [6.45, 7) is 4.23. The van der Waals surface area contributed by atoms with Crippen molar-refractivity contribution < 1.29 is 9.50 Å². The molecule has 19 heavy (non-hydrogen) atoms. The Bertz CT molecular complexity index is 563. The number of rotatable bonds is 3. The summed E-state index contributed by atoms with van der Waals surface area (Å²) in [5.41, 5.74) is 2.47. The van der Waals surface area contributed by atoms with Gasteiger partial charge in [0.2, 0.25) is 0 Å². The van der Waals surface area contributed by atoms with Crippen LogP contribution in [0.3, 0.4) is 0 Å². The Morgan fingerprint density at radius 3 is 2.11 bits per heavy atom. The van der Waals surface area contributed by atoms with Crippen LogP contribution in [-0.2, 0) is 0 Å². The number of hydrogen-bond donors (Lipinski definition) is 1. The molecule has 0 aromatic heterocycles. The standard InChI is InChI=1S/C16H16ClFO/c1-10(2)11-3-5-12(6-4-11)16(19)14-8-7-13(18)9-15(14)17/h3-10,16,19H,1-2H3. The molecule has 0 saturated heterocycles. The van der Waals surface area contributed by atoms with Gasteiger partial charge in [0, 0.05) is 10.6 Å². The molecule has 2 aromatic carbocycles. The third kappa shape index (κ3) is 3.14. The van der Waals surface area contributed by atoms with Gasteiger partial charge in [-0.15, -0.1) is 0 Å². The molecule has 100 valence electrons. The second-order valence-corrected chi connectivity index (χ2v) is 5.30. The van der Waals surface area contributed by atoms with Crippen LogP contribution < -0.4 is 0 Å². The topological polar surface area (TPSA) is 20.2 Å². The van der Waals surface area contributed by atoms with Crippen LogP contribution in [0.5, 0.6) is 0 Å². The fourth-order valence-corrected chi connectivity index (χ4v) is 2.24. The SMILES string of the molecule is CC(C)c1ccc(C(O)c2ccc(F)cc2Cl)cc1. The largest absolute Gasteiger partial charge is 0.384 e. The van der Waals surface area contributed by atoms with Gasteiger partial charge >= 0.3 is 0 Å². The Labute approximate surface area is 117 Å². The van der Waals surface area contributed by atoms with Crippen LogP contribution in [0.1, 0.15) is 42.6 Å². The van der Waals surface area contributed by atoms with E-state index in [0.717, 1.165) is 5.56 Å². The minimum atomic E-state index is -0.839. The maximum absolute atomic E-state index is 13.0. The van der Waals surface area contributed by atoms with Crippen LogP contribution in [-0.4, -0.2) is 5.11 Å². The first-order valence-corrected chi connectivity index (χ1v) is 6.59. The van der Waals surface area contributed by atoms with Gasteiger partial charge in [0.05, 0.1) is 0 Å². The summed E-state index contributed by atoms with van der Waals surface area (Å²) in [4.78, 5) is 0. The van der Waals surface area contributed by atoms with Gasteiger partial charge in [-0.3, -0.25) is 0 Å². The zero-order chi connectivity index (χ0) is 14.0. The molecule has 1 atom stereocenters. The van der Waals surface area contributed by atoms with Gasteiger partial charge in [-0.2, -0.15) is 0 Å². The van der Waals surface area contributed by atoms with Crippen LogP contribution in [0.4, 0.5) is 4.39 Å². The van der Waals surface area contributed by atoms with E-state index in [0.29, 0.717) is 11.5 Å². The minimum absolute atomic E-state index is 0.237. The predicted molar refractivity (Wildman–Crippen MR) is 76.0 cm³/mol. The van der Waals surface area contributed by atoms with Crippen LogP contribution in [0.25, 0.3) is 0 Å². The summed E-state index contributed by atoms with van der Waals surface area (Å²) >= 11 is 5.96. The van der Waals surface area contributed by atoms with Gasteiger partial charge in [0.15, 0.2) is 0 Å². The molecule has 0 heterocycles. The van der Waals surface area contributed by atoms with Crippen molar-refractivity contribution in [1.29, 1.82) is 0 Å². The van der Waals surface area contributed by atoms with E-state index >= 15 is 0 Å². The molecule has 0 amide bonds. The van der Waals surface area contributed by atoms with Crippen molar-refractivity contribution in [3.8, 4) is 0 Å². The number of aliphatic hydroxyl groups is 1. The van der Waals surface area contributed by atoms with Crippen molar-refractivity contribution in [3.05, 3.63) is 70.0 Å². The Kier molecular flexibility index (Phi) is 4.23. The van der Waals surface area contributed by atoms with Gasteiger partial charge in [0.1, 0.15) is 11.9 Å². The van der Waals surface area contributed by atoms with E-state index in [-0.39, 0.29) is 5.02 Å². The monoisotopic (exact) mass is 278 g/mol. The van der Waals surface area contributed by atoms with Gasteiger partial charge in [-0.1, -0.05) is 55.8 Å². The fraction of sp³-hybridized carbons (Fsp3) is 0.250. The Morgan fingerprint density at radius 1 is 1.00 bits per heavy atom. The lowest BCUT2D eigenvalue weighted by Gasteiger charge is -2.14. The van der Waals surface area contributed by atoms with E-state index in [4.69, 9.17) is 11.6 Å². The van der Waals surface area contributed by atoms with Crippen molar-refractivity contribution in [3.63, 3.8) is 0 Å². The number of benzene rings is 2. The van der Waals surface area contributed by atoms with E-state index in [2.05, 4.69) is 13.8 Å². The van der Waals surface area contributed by atoms with Crippen LogP contribution in [0, 0.1) is 5.82 Å². The molecule has 1 nitrogen and oxygen atoms in total. The predicted octanol–water partition coefficient (Wildman–Crippen LogP) is 4.68. The second-order valence-electron chi connectivity index (χ2n) is 4.89. The molecular formula is C16H16ClFO. The first-order chi connectivity index (χ1) is 8.99. The average molecular weight is 279 g/mol. The Morgan fingerprint density at radius 2 is 1.58 bits per heavy atom. The van der Waals surface area contributed by atoms with Gasteiger partial charge in [-0.25, -0.2) is 4.39 Å². The number of hydrogen-bond acceptors (Lipinski definition) is 1. The van der Waals surface area contributed by atoms with Crippen molar-refractivity contribution in [2.45, 2.75) is 25.9 Å². The van der Waals surface area contributed by atoms with Gasteiger partial charge in [-0.05, 0) is 29.2 Å². The van der Waals surface area contributed by atoms with E-state index in [9.17, 15) is 9.50 Å². The molecule has 1 N–H and O–H groups in total. The molecule has 0 radical (unpaired) electrons. The molecular weight excluding hydrogens is 263 g/mol. The van der Waals surface area contributed by atoms with Crippen molar-refractivity contribution >= 4 is 11.6 Å². The van der Waals surface area contributed by atoms with E-state index in [1.165, 1.54) is 23.8 Å². The second kappa shape index (κ2) is 5.72. The Hall–Kier alpha value is -1.38. The number of aliphatic hydroxyl groups excluding tert-OH is 1. The normalized spacial score (nSPS) is 12.7. The summed E-state index contributed by atoms with van der Waals surface area (Å²) in [6, 6.07) is 11.7. The summed E-state index contributed by atoms with van der Waals surface area (Å²) in [6.07, 6.45) is -0.839. The molecule has 0 aliphatic carbocycles. The van der Waals surface area contributed by atoms with Crippen LogP contribution in [0.2, 0.25) is 5.02 Å². The summed E-state index contributed by atoms with van der Waals surface area (Å²) in [7, 11) is 0. The van der Waals surface area contributed by atoms with Gasteiger partial charge in [0.25, 0.3) is 0 Å². The molecule has 0 aliphatic heterocycles. The molecule has 2 rings (SSSR count).